The number of amides is 1. The molecule has 5 heteroatoms. The van der Waals surface area contributed by atoms with E-state index in [0.717, 1.165) is 48.4 Å². The molecule has 0 spiro atoms. The van der Waals surface area contributed by atoms with Gasteiger partial charge in [0.05, 0.1) is 13.0 Å². The van der Waals surface area contributed by atoms with Crippen molar-refractivity contribution >= 4 is 27.5 Å². The summed E-state index contributed by atoms with van der Waals surface area (Å²) in [5, 5.41) is 3.03. The lowest BCUT2D eigenvalue weighted by Crippen LogP contribution is -2.40. The molecule has 1 amide bonds. The van der Waals surface area contributed by atoms with Crippen LogP contribution in [0.15, 0.2) is 53.0 Å². The van der Waals surface area contributed by atoms with Crippen LogP contribution in [-0.4, -0.2) is 31.0 Å². The van der Waals surface area contributed by atoms with Gasteiger partial charge >= 0.3 is 0 Å². The summed E-state index contributed by atoms with van der Waals surface area (Å²) in [7, 11) is 1.63. The smallest absolute Gasteiger partial charge is 0.228 e. The number of anilines is 1. The van der Waals surface area contributed by atoms with Gasteiger partial charge in [-0.25, -0.2) is 0 Å². The molecule has 1 N–H and O–H groups in total. The molecule has 0 bridgehead atoms. The van der Waals surface area contributed by atoms with Gasteiger partial charge in [-0.05, 0) is 49.2 Å². The molecule has 2 aromatic rings. The number of halogens is 1. The van der Waals surface area contributed by atoms with E-state index in [0.29, 0.717) is 0 Å². The van der Waals surface area contributed by atoms with Crippen LogP contribution in [0.4, 0.5) is 5.69 Å². The standard InChI is InChI=1S/C20H23BrN2O2/c1-25-19-6-2-5-18(12-19)22-20(24)16-4-3-11-23(14-16)13-15-7-9-17(21)10-8-15/h2,5-10,12,16H,3-4,11,13-14H2,1H3,(H,22,24). The first-order valence-corrected chi connectivity index (χ1v) is 9.35. The number of ether oxygens (including phenoxy) is 1. The fourth-order valence-electron chi connectivity index (χ4n) is 3.21. The van der Waals surface area contributed by atoms with Gasteiger partial charge in [-0.15, -0.1) is 0 Å². The van der Waals surface area contributed by atoms with Crippen molar-refractivity contribution in [3.05, 3.63) is 58.6 Å². The summed E-state index contributed by atoms with van der Waals surface area (Å²) in [6, 6.07) is 15.9. The average Bonchev–Trinajstić information content (AvgIpc) is 2.64. The van der Waals surface area contributed by atoms with Crippen molar-refractivity contribution in [1.29, 1.82) is 0 Å². The van der Waals surface area contributed by atoms with Crippen LogP contribution in [0.5, 0.6) is 5.75 Å². The monoisotopic (exact) mass is 402 g/mol. The largest absolute Gasteiger partial charge is 0.497 e. The summed E-state index contributed by atoms with van der Waals surface area (Å²) in [6.07, 6.45) is 1.99. The summed E-state index contributed by atoms with van der Waals surface area (Å²) in [5.41, 5.74) is 2.06. The molecule has 0 saturated carbocycles. The molecule has 4 nitrogen and oxygen atoms in total. The minimum Gasteiger partial charge on any atom is -0.497 e. The van der Waals surface area contributed by atoms with Crippen LogP contribution in [0.3, 0.4) is 0 Å². The molecule has 0 aromatic heterocycles. The maximum absolute atomic E-state index is 12.6. The third-order valence-corrected chi connectivity index (χ3v) is 5.06. The molecule has 1 heterocycles. The Morgan fingerprint density at radius 2 is 2.08 bits per heavy atom. The number of nitrogens with one attached hydrogen (secondary N) is 1. The Morgan fingerprint density at radius 3 is 2.84 bits per heavy atom. The Kier molecular flexibility index (Phi) is 6.10. The Balaban J connectivity index is 1.58. The minimum atomic E-state index is 0.0235. The first kappa shape index (κ1) is 18.0. The van der Waals surface area contributed by atoms with Crippen molar-refractivity contribution in [2.24, 2.45) is 5.92 Å². The van der Waals surface area contributed by atoms with Crippen LogP contribution in [0.2, 0.25) is 0 Å². The van der Waals surface area contributed by atoms with Gasteiger partial charge < -0.3 is 10.1 Å². The van der Waals surface area contributed by atoms with Crippen molar-refractivity contribution in [1.82, 2.24) is 4.90 Å². The van der Waals surface area contributed by atoms with Crippen LogP contribution in [-0.2, 0) is 11.3 Å². The summed E-state index contributed by atoms with van der Waals surface area (Å²) in [5.74, 6) is 0.863. The number of rotatable bonds is 5. The number of piperidine rings is 1. The Labute approximate surface area is 157 Å². The lowest BCUT2D eigenvalue weighted by molar-refractivity contribution is -0.121. The van der Waals surface area contributed by atoms with Crippen LogP contribution in [0.1, 0.15) is 18.4 Å². The normalized spacial score (nSPS) is 17.9. The van der Waals surface area contributed by atoms with E-state index in [1.54, 1.807) is 7.11 Å². The van der Waals surface area contributed by atoms with Gasteiger partial charge in [-0.1, -0.05) is 34.1 Å². The highest BCUT2D eigenvalue weighted by atomic mass is 79.9. The van der Waals surface area contributed by atoms with E-state index in [1.165, 1.54) is 5.56 Å². The van der Waals surface area contributed by atoms with Crippen LogP contribution in [0, 0.1) is 5.92 Å². The SMILES string of the molecule is COc1cccc(NC(=O)C2CCCN(Cc3ccc(Br)cc3)C2)c1. The fraction of sp³-hybridized carbons (Fsp3) is 0.350. The van der Waals surface area contributed by atoms with Gasteiger partial charge in [0, 0.05) is 29.3 Å². The number of hydrogen-bond acceptors (Lipinski definition) is 3. The van der Waals surface area contributed by atoms with E-state index in [-0.39, 0.29) is 11.8 Å². The van der Waals surface area contributed by atoms with E-state index in [4.69, 9.17) is 4.74 Å². The molecule has 25 heavy (non-hydrogen) atoms. The van der Waals surface area contributed by atoms with E-state index in [2.05, 4.69) is 50.4 Å². The lowest BCUT2D eigenvalue weighted by atomic mass is 9.96. The molecule has 1 saturated heterocycles. The molecule has 1 aliphatic heterocycles. The third kappa shape index (κ3) is 5.06. The molecule has 2 aromatic carbocycles. The fourth-order valence-corrected chi connectivity index (χ4v) is 3.47. The molecule has 1 fully saturated rings. The zero-order valence-electron chi connectivity index (χ0n) is 14.4. The van der Waals surface area contributed by atoms with E-state index >= 15 is 0 Å². The second kappa shape index (κ2) is 8.50. The maximum atomic E-state index is 12.6. The van der Waals surface area contributed by atoms with Gasteiger partial charge in [0.15, 0.2) is 0 Å². The van der Waals surface area contributed by atoms with Crippen LogP contribution in [0.25, 0.3) is 0 Å². The second-order valence-electron chi connectivity index (χ2n) is 6.42. The van der Waals surface area contributed by atoms with E-state index in [9.17, 15) is 4.79 Å². The number of carbonyl (C=O) groups is 1. The second-order valence-corrected chi connectivity index (χ2v) is 7.34. The summed E-state index contributed by atoms with van der Waals surface area (Å²) in [6.45, 7) is 2.72. The van der Waals surface area contributed by atoms with E-state index < -0.39 is 0 Å². The Bertz CT molecular complexity index is 718. The summed E-state index contributed by atoms with van der Waals surface area (Å²) < 4.78 is 6.30. The number of hydrogen-bond donors (Lipinski definition) is 1. The molecule has 132 valence electrons. The molecule has 3 rings (SSSR count). The topological polar surface area (TPSA) is 41.6 Å². The third-order valence-electron chi connectivity index (χ3n) is 4.53. The van der Waals surface area contributed by atoms with Gasteiger partial charge in [0.2, 0.25) is 5.91 Å². The molecule has 1 aliphatic rings. The van der Waals surface area contributed by atoms with Gasteiger partial charge in [-0.2, -0.15) is 0 Å². The number of methoxy groups -OCH3 is 1. The quantitative estimate of drug-likeness (QED) is 0.809. The average molecular weight is 403 g/mol. The predicted octanol–water partition coefficient (Wildman–Crippen LogP) is 4.31. The molecule has 1 atom stereocenters. The molecule has 1 unspecified atom stereocenters. The number of nitrogens with zero attached hydrogens (tertiary/aromatic N) is 1. The Hall–Kier alpha value is -1.85. The minimum absolute atomic E-state index is 0.0235. The zero-order valence-corrected chi connectivity index (χ0v) is 16.0. The summed E-state index contributed by atoms with van der Waals surface area (Å²) >= 11 is 3.47. The van der Waals surface area contributed by atoms with Crippen LogP contribution < -0.4 is 10.1 Å². The molecule has 0 radical (unpaired) electrons. The molecular formula is C20H23BrN2O2. The highest BCUT2D eigenvalue weighted by molar-refractivity contribution is 9.10. The first-order valence-electron chi connectivity index (χ1n) is 8.56. The predicted molar refractivity (Wildman–Crippen MR) is 104 cm³/mol. The lowest BCUT2D eigenvalue weighted by Gasteiger charge is -2.32. The highest BCUT2D eigenvalue weighted by Crippen LogP contribution is 2.22. The zero-order chi connectivity index (χ0) is 17.6. The van der Waals surface area contributed by atoms with Crippen molar-refractivity contribution in [2.75, 3.05) is 25.5 Å². The van der Waals surface area contributed by atoms with Crippen molar-refractivity contribution in [2.45, 2.75) is 19.4 Å². The molecule has 0 aliphatic carbocycles. The highest BCUT2D eigenvalue weighted by Gasteiger charge is 2.25. The van der Waals surface area contributed by atoms with Crippen LogP contribution >= 0.6 is 15.9 Å². The molecular weight excluding hydrogens is 380 g/mol. The van der Waals surface area contributed by atoms with Crippen molar-refractivity contribution in [3.63, 3.8) is 0 Å². The van der Waals surface area contributed by atoms with E-state index in [1.807, 2.05) is 24.3 Å². The van der Waals surface area contributed by atoms with Gasteiger partial charge in [0.25, 0.3) is 0 Å². The van der Waals surface area contributed by atoms with Gasteiger partial charge in [0.1, 0.15) is 5.75 Å². The number of carbonyl (C=O) groups excluding carboxylic acids is 1. The number of likely N-dealkylation sites (tertiary alicyclic amines) is 1. The van der Waals surface area contributed by atoms with Crippen molar-refractivity contribution < 1.29 is 9.53 Å². The maximum Gasteiger partial charge on any atom is 0.228 e. The number of benzene rings is 2. The Morgan fingerprint density at radius 1 is 1.28 bits per heavy atom. The summed E-state index contributed by atoms with van der Waals surface area (Å²) in [4.78, 5) is 15.0. The first-order chi connectivity index (χ1) is 12.1. The van der Waals surface area contributed by atoms with Crippen molar-refractivity contribution in [3.8, 4) is 5.75 Å². The van der Waals surface area contributed by atoms with Gasteiger partial charge in [-0.3, -0.25) is 9.69 Å².